The molecule has 3 aromatic rings. The van der Waals surface area contributed by atoms with Gasteiger partial charge in [0.1, 0.15) is 11.5 Å². The summed E-state index contributed by atoms with van der Waals surface area (Å²) >= 11 is 0. The second-order valence-corrected chi connectivity index (χ2v) is 10.0. The van der Waals surface area contributed by atoms with Crippen LogP contribution >= 0.6 is 0 Å². The number of ether oxygens (including phenoxy) is 2. The van der Waals surface area contributed by atoms with Gasteiger partial charge in [0.05, 0.1) is 11.8 Å². The average Bonchev–Trinajstić information content (AvgIpc) is 2.88. The van der Waals surface area contributed by atoms with Gasteiger partial charge >= 0.3 is 11.9 Å². The molecule has 3 rings (SSSR count). The number of esters is 2. The van der Waals surface area contributed by atoms with Crippen molar-refractivity contribution in [3.05, 3.63) is 47.5 Å². The zero-order chi connectivity index (χ0) is 26.2. The van der Waals surface area contributed by atoms with Crippen molar-refractivity contribution in [2.24, 2.45) is 11.8 Å². The fourth-order valence-corrected chi connectivity index (χ4v) is 4.83. The van der Waals surface area contributed by atoms with E-state index in [1.165, 1.54) is 0 Å². The van der Waals surface area contributed by atoms with E-state index in [4.69, 9.17) is 9.47 Å². The van der Waals surface area contributed by atoms with Crippen LogP contribution in [-0.2, 0) is 9.59 Å². The number of carbonyl (C=O) groups excluding carboxylic acids is 2. The third kappa shape index (κ3) is 6.08. The van der Waals surface area contributed by atoms with E-state index in [9.17, 15) is 9.59 Å². The maximum absolute atomic E-state index is 13.3. The highest BCUT2D eigenvalue weighted by atomic mass is 16.5. The monoisotopic (exact) mass is 490 g/mol. The van der Waals surface area contributed by atoms with Crippen molar-refractivity contribution in [1.82, 2.24) is 0 Å². The van der Waals surface area contributed by atoms with Crippen molar-refractivity contribution in [1.29, 1.82) is 0 Å². The van der Waals surface area contributed by atoms with E-state index in [0.717, 1.165) is 84.0 Å². The molecule has 0 radical (unpaired) electrons. The molecule has 2 unspecified atom stereocenters. The highest BCUT2D eigenvalue weighted by Gasteiger charge is 2.25. The van der Waals surface area contributed by atoms with Gasteiger partial charge in [0.15, 0.2) is 0 Å². The molecule has 194 valence electrons. The number of carbonyl (C=O) groups is 2. The highest BCUT2D eigenvalue weighted by Crippen LogP contribution is 2.44. The molecular weight excluding hydrogens is 448 g/mol. The number of rotatable bonds is 12. The quantitative estimate of drug-likeness (QED) is 0.144. The molecule has 0 saturated heterocycles. The largest absolute Gasteiger partial charge is 0.425 e. The second-order valence-electron chi connectivity index (χ2n) is 10.0. The molecule has 0 aromatic heterocycles. The maximum Gasteiger partial charge on any atom is 0.314 e. The van der Waals surface area contributed by atoms with Crippen LogP contribution in [0.1, 0.15) is 90.2 Å². The van der Waals surface area contributed by atoms with E-state index in [-0.39, 0.29) is 23.8 Å². The Labute approximate surface area is 216 Å². The molecule has 0 spiro atoms. The van der Waals surface area contributed by atoms with Gasteiger partial charge in [0.25, 0.3) is 0 Å². The van der Waals surface area contributed by atoms with Gasteiger partial charge in [-0.05, 0) is 62.8 Å². The lowest BCUT2D eigenvalue weighted by Gasteiger charge is -2.21. The minimum absolute atomic E-state index is 0.133. The third-order valence-electron chi connectivity index (χ3n) is 7.41. The van der Waals surface area contributed by atoms with Crippen molar-refractivity contribution in [3.8, 4) is 11.5 Å². The zero-order valence-electron chi connectivity index (χ0n) is 22.9. The van der Waals surface area contributed by atoms with Gasteiger partial charge in [-0.3, -0.25) is 9.59 Å². The van der Waals surface area contributed by atoms with Crippen LogP contribution in [0, 0.1) is 25.7 Å². The van der Waals surface area contributed by atoms with Crippen LogP contribution in [0.5, 0.6) is 11.5 Å². The molecule has 0 saturated carbocycles. The molecule has 4 heteroatoms. The van der Waals surface area contributed by atoms with Crippen LogP contribution in [0.25, 0.3) is 21.5 Å². The van der Waals surface area contributed by atoms with Crippen LogP contribution in [0.3, 0.4) is 0 Å². The van der Waals surface area contributed by atoms with E-state index in [2.05, 4.69) is 39.8 Å². The van der Waals surface area contributed by atoms with Gasteiger partial charge in [-0.1, -0.05) is 77.6 Å². The summed E-state index contributed by atoms with van der Waals surface area (Å²) in [6, 6.07) is 11.9. The Morgan fingerprint density at radius 3 is 1.39 bits per heavy atom. The number of unbranched alkanes of at least 4 members (excludes halogenated alkanes) is 2. The van der Waals surface area contributed by atoms with Gasteiger partial charge in [0, 0.05) is 21.5 Å². The summed E-state index contributed by atoms with van der Waals surface area (Å²) in [4.78, 5) is 26.5. The third-order valence-corrected chi connectivity index (χ3v) is 7.41. The summed E-state index contributed by atoms with van der Waals surface area (Å²) in [5.41, 5.74) is 2.19. The van der Waals surface area contributed by atoms with Gasteiger partial charge in [-0.15, -0.1) is 0 Å². The van der Waals surface area contributed by atoms with Crippen LogP contribution < -0.4 is 9.47 Å². The van der Waals surface area contributed by atoms with Gasteiger partial charge in [-0.2, -0.15) is 0 Å². The molecule has 2 atom stereocenters. The Morgan fingerprint density at radius 1 is 0.667 bits per heavy atom. The SMILES string of the molecule is CCCCC(CC)C(=O)Oc1c2ccccc2c(OC(=O)C(CC)CCCC)c2cc(C)c(C)cc12. The fourth-order valence-electron chi connectivity index (χ4n) is 4.83. The normalized spacial score (nSPS) is 13.1. The Kier molecular flexibility index (Phi) is 9.92. The van der Waals surface area contributed by atoms with E-state index in [1.807, 2.05) is 38.1 Å². The average molecular weight is 491 g/mol. The van der Waals surface area contributed by atoms with Crippen molar-refractivity contribution < 1.29 is 19.1 Å². The first-order valence-corrected chi connectivity index (χ1v) is 13.7. The predicted molar refractivity (Wildman–Crippen MR) is 149 cm³/mol. The van der Waals surface area contributed by atoms with Crippen molar-refractivity contribution in [2.75, 3.05) is 0 Å². The first-order chi connectivity index (χ1) is 17.4. The van der Waals surface area contributed by atoms with E-state index < -0.39 is 0 Å². The maximum atomic E-state index is 13.3. The number of aryl methyl sites for hydroxylation is 2. The van der Waals surface area contributed by atoms with Gasteiger partial charge in [0.2, 0.25) is 0 Å². The van der Waals surface area contributed by atoms with E-state index >= 15 is 0 Å². The summed E-state index contributed by atoms with van der Waals surface area (Å²) in [6.45, 7) is 12.4. The second kappa shape index (κ2) is 12.9. The Morgan fingerprint density at radius 2 is 1.06 bits per heavy atom. The molecule has 0 N–H and O–H groups in total. The molecule has 0 aliphatic carbocycles. The first kappa shape index (κ1) is 27.7. The molecule has 3 aromatic carbocycles. The van der Waals surface area contributed by atoms with Crippen molar-refractivity contribution in [2.45, 2.75) is 92.9 Å². The standard InChI is InChI=1S/C32H42O4/c1-7-11-15-23(9-3)31(33)35-29-25-17-13-14-18-26(25)30(28-20-22(6)21(5)19-27(28)29)36-32(34)24(10-4)16-12-8-2/h13-14,17-20,23-24H,7-12,15-16H2,1-6H3. The zero-order valence-corrected chi connectivity index (χ0v) is 22.9. The lowest BCUT2D eigenvalue weighted by atomic mass is 9.95. The Balaban J connectivity index is 2.18. The molecule has 0 bridgehead atoms. The summed E-state index contributed by atoms with van der Waals surface area (Å²) in [5.74, 6) is 0.471. The minimum Gasteiger partial charge on any atom is -0.425 e. The summed E-state index contributed by atoms with van der Waals surface area (Å²) in [7, 11) is 0. The Bertz CT molecular complexity index is 1120. The number of hydrogen-bond donors (Lipinski definition) is 0. The topological polar surface area (TPSA) is 52.6 Å². The van der Waals surface area contributed by atoms with Gasteiger partial charge < -0.3 is 9.47 Å². The van der Waals surface area contributed by atoms with Gasteiger partial charge in [-0.25, -0.2) is 0 Å². The smallest absolute Gasteiger partial charge is 0.314 e. The predicted octanol–water partition coefficient (Wildman–Crippen LogP) is 8.85. The highest BCUT2D eigenvalue weighted by molar-refractivity contribution is 6.13. The van der Waals surface area contributed by atoms with Crippen LogP contribution in [0.15, 0.2) is 36.4 Å². The number of fused-ring (bicyclic) bond motifs is 2. The molecule has 0 aliphatic heterocycles. The summed E-state index contributed by atoms with van der Waals surface area (Å²) in [6.07, 6.45) is 7.24. The Hall–Kier alpha value is -2.88. The molecule has 0 heterocycles. The number of benzene rings is 3. The lowest BCUT2D eigenvalue weighted by molar-refractivity contribution is -0.140. The summed E-state index contributed by atoms with van der Waals surface area (Å²) < 4.78 is 12.4. The van der Waals surface area contributed by atoms with Crippen LogP contribution in [0.2, 0.25) is 0 Å². The van der Waals surface area contributed by atoms with Crippen LogP contribution in [-0.4, -0.2) is 11.9 Å². The fraction of sp³-hybridized carbons (Fsp3) is 0.500. The molecular formula is C32H42O4. The summed E-state index contributed by atoms with van der Waals surface area (Å²) in [5, 5.41) is 3.19. The van der Waals surface area contributed by atoms with E-state index in [1.54, 1.807) is 0 Å². The number of hydrogen-bond acceptors (Lipinski definition) is 4. The lowest BCUT2D eigenvalue weighted by Crippen LogP contribution is -2.21. The molecule has 0 fully saturated rings. The van der Waals surface area contributed by atoms with Crippen molar-refractivity contribution >= 4 is 33.5 Å². The molecule has 36 heavy (non-hydrogen) atoms. The first-order valence-electron chi connectivity index (χ1n) is 13.7. The van der Waals surface area contributed by atoms with Crippen molar-refractivity contribution in [3.63, 3.8) is 0 Å². The molecule has 0 aliphatic rings. The molecule has 0 amide bonds. The van der Waals surface area contributed by atoms with Crippen LogP contribution in [0.4, 0.5) is 0 Å². The molecule has 4 nitrogen and oxygen atoms in total. The minimum atomic E-state index is -0.189. The van der Waals surface area contributed by atoms with E-state index in [0.29, 0.717) is 11.5 Å².